The predicted octanol–water partition coefficient (Wildman–Crippen LogP) is 1.20. The van der Waals surface area contributed by atoms with E-state index in [4.69, 9.17) is 14.6 Å². The Morgan fingerprint density at radius 1 is 1.29 bits per heavy atom. The van der Waals surface area contributed by atoms with Crippen molar-refractivity contribution in [1.29, 1.82) is 0 Å². The minimum atomic E-state index is -1.27. The van der Waals surface area contributed by atoms with Crippen molar-refractivity contribution in [2.45, 2.75) is 26.1 Å². The fourth-order valence-corrected chi connectivity index (χ4v) is 1.36. The molecule has 21 heavy (non-hydrogen) atoms. The maximum absolute atomic E-state index is 12.7. The number of carboxylic acid groups (broad SMARTS) is 1. The molecule has 1 unspecified atom stereocenters. The van der Waals surface area contributed by atoms with Crippen LogP contribution in [-0.2, 0) is 14.3 Å². The van der Waals surface area contributed by atoms with Gasteiger partial charge in [-0.1, -0.05) is 0 Å². The number of halogens is 1. The number of rotatable bonds is 8. The Morgan fingerprint density at radius 3 is 2.43 bits per heavy atom. The Morgan fingerprint density at radius 2 is 1.90 bits per heavy atom. The van der Waals surface area contributed by atoms with Crippen LogP contribution in [0.25, 0.3) is 0 Å². The van der Waals surface area contributed by atoms with Gasteiger partial charge in [-0.05, 0) is 38.1 Å². The molecule has 116 valence electrons. The number of benzene rings is 1. The molecule has 6 nitrogen and oxygen atoms in total. The van der Waals surface area contributed by atoms with E-state index in [-0.39, 0.29) is 25.0 Å². The Balaban J connectivity index is 2.48. The number of carbonyl (C=O) groups excluding carboxylic acids is 1. The molecule has 7 heteroatoms. The number of nitrogens with one attached hydrogen (secondary N) is 1. The monoisotopic (exact) mass is 299 g/mol. The van der Waals surface area contributed by atoms with Crippen LogP contribution in [0.15, 0.2) is 24.3 Å². The van der Waals surface area contributed by atoms with E-state index in [1.807, 2.05) is 0 Å². The Bertz CT molecular complexity index is 475. The molecule has 0 fully saturated rings. The third-order valence-electron chi connectivity index (χ3n) is 2.40. The molecule has 1 amide bonds. The van der Waals surface area contributed by atoms with E-state index in [2.05, 4.69) is 5.32 Å². The van der Waals surface area contributed by atoms with E-state index in [1.165, 1.54) is 12.1 Å². The quantitative estimate of drug-likeness (QED) is 0.753. The molecule has 0 spiro atoms. The zero-order chi connectivity index (χ0) is 15.8. The van der Waals surface area contributed by atoms with E-state index >= 15 is 0 Å². The van der Waals surface area contributed by atoms with Gasteiger partial charge in [-0.15, -0.1) is 0 Å². The van der Waals surface area contributed by atoms with Gasteiger partial charge in [0.2, 0.25) is 12.0 Å². The van der Waals surface area contributed by atoms with Crippen molar-refractivity contribution >= 4 is 11.9 Å². The number of hydrogen-bond acceptors (Lipinski definition) is 4. The van der Waals surface area contributed by atoms with E-state index < -0.39 is 23.8 Å². The number of carboxylic acids is 1. The molecule has 1 aromatic rings. The third-order valence-corrected chi connectivity index (χ3v) is 2.40. The summed E-state index contributed by atoms with van der Waals surface area (Å²) in [6.45, 7) is 3.20. The van der Waals surface area contributed by atoms with Crippen LogP contribution in [-0.4, -0.2) is 42.3 Å². The van der Waals surface area contributed by atoms with Gasteiger partial charge in [0, 0.05) is 0 Å². The van der Waals surface area contributed by atoms with Crippen molar-refractivity contribution in [1.82, 2.24) is 5.32 Å². The molecule has 0 aliphatic heterocycles. The van der Waals surface area contributed by atoms with Gasteiger partial charge in [0.25, 0.3) is 0 Å². The SMILES string of the molecule is CC(C)OCC(=O)NCC(Oc1ccc(F)cc1)C(=O)O. The highest BCUT2D eigenvalue weighted by molar-refractivity contribution is 5.79. The first-order chi connectivity index (χ1) is 9.88. The second-order valence-electron chi connectivity index (χ2n) is 4.56. The van der Waals surface area contributed by atoms with Crippen LogP contribution < -0.4 is 10.1 Å². The number of carbonyl (C=O) groups is 2. The minimum absolute atomic E-state index is 0.0958. The number of ether oxygens (including phenoxy) is 2. The van der Waals surface area contributed by atoms with Crippen LogP contribution in [0.1, 0.15) is 13.8 Å². The van der Waals surface area contributed by atoms with Gasteiger partial charge in [0.1, 0.15) is 18.2 Å². The van der Waals surface area contributed by atoms with Gasteiger partial charge in [0.15, 0.2) is 0 Å². The highest BCUT2D eigenvalue weighted by Gasteiger charge is 2.20. The average Bonchev–Trinajstić information content (AvgIpc) is 2.42. The lowest BCUT2D eigenvalue weighted by Crippen LogP contribution is -2.41. The summed E-state index contributed by atoms with van der Waals surface area (Å²) in [5.41, 5.74) is 0. The van der Waals surface area contributed by atoms with Crippen LogP contribution in [0, 0.1) is 5.82 Å². The summed E-state index contributed by atoms with van der Waals surface area (Å²) >= 11 is 0. The lowest BCUT2D eigenvalue weighted by Gasteiger charge is -2.16. The average molecular weight is 299 g/mol. The molecule has 0 aliphatic rings. The van der Waals surface area contributed by atoms with E-state index in [9.17, 15) is 14.0 Å². The molecule has 0 radical (unpaired) electrons. The zero-order valence-corrected chi connectivity index (χ0v) is 11.8. The Labute approximate surface area is 121 Å². The van der Waals surface area contributed by atoms with Gasteiger partial charge >= 0.3 is 5.97 Å². The van der Waals surface area contributed by atoms with Crippen molar-refractivity contribution in [2.75, 3.05) is 13.2 Å². The van der Waals surface area contributed by atoms with Gasteiger partial charge < -0.3 is 19.9 Å². The first kappa shape index (κ1) is 16.9. The molecule has 2 N–H and O–H groups in total. The Hall–Kier alpha value is -2.15. The van der Waals surface area contributed by atoms with E-state index in [0.29, 0.717) is 0 Å². The molecule has 0 heterocycles. The van der Waals surface area contributed by atoms with Crippen molar-refractivity contribution in [2.24, 2.45) is 0 Å². The first-order valence-corrected chi connectivity index (χ1v) is 6.42. The van der Waals surface area contributed by atoms with Crippen LogP contribution in [0.5, 0.6) is 5.75 Å². The van der Waals surface area contributed by atoms with E-state index in [1.54, 1.807) is 13.8 Å². The normalized spacial score (nSPS) is 12.0. The van der Waals surface area contributed by atoms with Crippen LogP contribution in [0.4, 0.5) is 4.39 Å². The molecule has 1 aromatic carbocycles. The standard InChI is InChI=1S/C14H18FNO5/c1-9(2)20-8-13(17)16-7-12(14(18)19)21-11-5-3-10(15)4-6-11/h3-6,9,12H,7-8H2,1-2H3,(H,16,17)(H,18,19). The van der Waals surface area contributed by atoms with Gasteiger partial charge in [-0.3, -0.25) is 4.79 Å². The van der Waals surface area contributed by atoms with Crippen molar-refractivity contribution in [3.8, 4) is 5.75 Å². The maximum atomic E-state index is 12.7. The molecule has 0 bridgehead atoms. The van der Waals surface area contributed by atoms with Crippen LogP contribution >= 0.6 is 0 Å². The van der Waals surface area contributed by atoms with Crippen LogP contribution in [0.3, 0.4) is 0 Å². The smallest absolute Gasteiger partial charge is 0.346 e. The van der Waals surface area contributed by atoms with Crippen molar-refractivity contribution < 1.29 is 28.6 Å². The van der Waals surface area contributed by atoms with Gasteiger partial charge in [-0.2, -0.15) is 0 Å². The fraction of sp³-hybridized carbons (Fsp3) is 0.429. The number of hydrogen-bond donors (Lipinski definition) is 2. The second kappa shape index (κ2) is 8.21. The van der Waals surface area contributed by atoms with Crippen molar-refractivity contribution in [3.05, 3.63) is 30.1 Å². The molecule has 0 aromatic heterocycles. The molecular weight excluding hydrogens is 281 g/mol. The summed E-state index contributed by atoms with van der Waals surface area (Å²) in [7, 11) is 0. The van der Waals surface area contributed by atoms with Gasteiger partial charge in [-0.25, -0.2) is 9.18 Å². The van der Waals surface area contributed by atoms with E-state index in [0.717, 1.165) is 12.1 Å². The molecular formula is C14H18FNO5. The summed E-state index contributed by atoms with van der Waals surface area (Å²) in [6.07, 6.45) is -1.36. The van der Waals surface area contributed by atoms with Crippen LogP contribution in [0.2, 0.25) is 0 Å². The molecule has 0 aliphatic carbocycles. The predicted molar refractivity (Wildman–Crippen MR) is 72.5 cm³/mol. The minimum Gasteiger partial charge on any atom is -0.478 e. The molecule has 1 rings (SSSR count). The highest BCUT2D eigenvalue weighted by atomic mass is 19.1. The number of aliphatic carboxylic acids is 1. The second-order valence-corrected chi connectivity index (χ2v) is 4.56. The lowest BCUT2D eigenvalue weighted by molar-refractivity contribution is -0.145. The maximum Gasteiger partial charge on any atom is 0.346 e. The summed E-state index contributed by atoms with van der Waals surface area (Å²) < 4.78 is 23.0. The summed E-state index contributed by atoms with van der Waals surface area (Å²) in [5.74, 6) is -1.91. The van der Waals surface area contributed by atoms with Crippen molar-refractivity contribution in [3.63, 3.8) is 0 Å². The zero-order valence-electron chi connectivity index (χ0n) is 11.8. The Kier molecular flexibility index (Phi) is 6.61. The summed E-state index contributed by atoms with van der Waals surface area (Å²) in [4.78, 5) is 22.5. The third kappa shape index (κ3) is 6.71. The summed E-state index contributed by atoms with van der Waals surface area (Å²) in [5, 5.41) is 11.4. The molecule has 1 atom stereocenters. The highest BCUT2D eigenvalue weighted by Crippen LogP contribution is 2.13. The topological polar surface area (TPSA) is 84.9 Å². The molecule has 0 saturated heterocycles. The first-order valence-electron chi connectivity index (χ1n) is 6.42. The van der Waals surface area contributed by atoms with Gasteiger partial charge in [0.05, 0.1) is 12.6 Å². The molecule has 0 saturated carbocycles. The largest absolute Gasteiger partial charge is 0.478 e. The summed E-state index contributed by atoms with van der Waals surface area (Å²) in [6, 6.07) is 4.94. The lowest BCUT2D eigenvalue weighted by atomic mass is 10.3. The number of amides is 1. The fourth-order valence-electron chi connectivity index (χ4n) is 1.36.